The minimum absolute atomic E-state index is 0.00957. The summed E-state index contributed by atoms with van der Waals surface area (Å²) in [4.78, 5) is 2.39. The van der Waals surface area contributed by atoms with E-state index < -0.39 is 11.9 Å². The third-order valence-corrected chi connectivity index (χ3v) is 9.05. The van der Waals surface area contributed by atoms with Crippen molar-refractivity contribution in [3.05, 3.63) is 130 Å². The lowest BCUT2D eigenvalue weighted by Crippen LogP contribution is -2.46. The maximum absolute atomic E-state index is 11.4. The summed E-state index contributed by atoms with van der Waals surface area (Å²) in [6, 6.07) is 32.1. The molecule has 3 unspecified atom stereocenters. The molecule has 2 fully saturated rings. The van der Waals surface area contributed by atoms with Gasteiger partial charge in [0.1, 0.15) is 0 Å². The molecule has 0 amide bonds. The van der Waals surface area contributed by atoms with Crippen LogP contribution in [-0.2, 0) is 28.2 Å². The Morgan fingerprint density at radius 3 is 2.21 bits per heavy atom. The van der Waals surface area contributed by atoms with Gasteiger partial charge in [-0.25, -0.2) is 0 Å². The quantitative estimate of drug-likeness (QED) is 0.215. The lowest BCUT2D eigenvalue weighted by molar-refractivity contribution is -0.253. The van der Waals surface area contributed by atoms with Gasteiger partial charge >= 0.3 is 0 Å². The molecule has 3 atom stereocenters. The van der Waals surface area contributed by atoms with Crippen molar-refractivity contribution in [1.29, 1.82) is 0 Å². The molecule has 6 nitrogen and oxygen atoms in total. The average Bonchev–Trinajstić information content (AvgIpc) is 3.06. The molecular weight excluding hydrogens is 560 g/mol. The zero-order valence-corrected chi connectivity index (χ0v) is 25.0. The zero-order valence-electron chi connectivity index (χ0n) is 24.2. The van der Waals surface area contributed by atoms with E-state index in [1.54, 1.807) is 0 Å². The van der Waals surface area contributed by atoms with Gasteiger partial charge < -0.3 is 30.3 Å². The molecule has 0 aliphatic carbocycles. The first-order valence-corrected chi connectivity index (χ1v) is 15.4. The number of piperidine rings is 1. The molecule has 4 N–H and O–H groups in total. The largest absolute Gasteiger partial charge is 0.392 e. The molecule has 0 bridgehead atoms. The average molecular weight is 599 g/mol. The second kappa shape index (κ2) is 13.3. The van der Waals surface area contributed by atoms with Crippen molar-refractivity contribution in [3.8, 4) is 11.1 Å². The second-order valence-corrected chi connectivity index (χ2v) is 12.2. The number of nitrogens with zero attached hydrogens (tertiary/aromatic N) is 1. The Bertz CT molecular complexity index is 1500. The van der Waals surface area contributed by atoms with E-state index in [1.807, 2.05) is 66.7 Å². The highest BCUT2D eigenvalue weighted by Crippen LogP contribution is 2.40. The van der Waals surface area contributed by atoms with Crippen LogP contribution in [0.4, 0.5) is 0 Å². The molecule has 2 aliphatic rings. The fourth-order valence-electron chi connectivity index (χ4n) is 6.22. The van der Waals surface area contributed by atoms with E-state index >= 15 is 0 Å². The van der Waals surface area contributed by atoms with Gasteiger partial charge in [0.05, 0.1) is 24.4 Å². The molecule has 0 aromatic heterocycles. The first-order chi connectivity index (χ1) is 20.9. The molecule has 2 heterocycles. The summed E-state index contributed by atoms with van der Waals surface area (Å²) in [5.41, 5.74) is 12.2. The summed E-state index contributed by atoms with van der Waals surface area (Å²) in [5.74, 6) is 0. The fraction of sp³-hybridized carbons (Fsp3) is 0.333. The smallest absolute Gasteiger partial charge is 0.184 e. The Labute approximate surface area is 258 Å². The van der Waals surface area contributed by atoms with E-state index in [1.165, 1.54) is 0 Å². The Morgan fingerprint density at radius 2 is 1.51 bits per heavy atom. The SMILES string of the molecule is NCc1cccc(-c2cccc(C3OC(CN4CCC(O)(c5ccc(Cl)cc5)CC4)CC(c4ccc(CO)cc4)O3)c2)c1. The van der Waals surface area contributed by atoms with Crippen LogP contribution in [0, 0.1) is 0 Å². The van der Waals surface area contributed by atoms with Crippen molar-refractivity contribution in [3.63, 3.8) is 0 Å². The lowest BCUT2D eigenvalue weighted by atomic mass is 9.84. The maximum atomic E-state index is 11.4. The fourth-order valence-corrected chi connectivity index (χ4v) is 6.34. The first-order valence-electron chi connectivity index (χ1n) is 15.0. The summed E-state index contributed by atoms with van der Waals surface area (Å²) in [5, 5.41) is 21.6. The second-order valence-electron chi connectivity index (χ2n) is 11.7. The predicted octanol–water partition coefficient (Wildman–Crippen LogP) is 6.49. The number of aliphatic hydroxyl groups excluding tert-OH is 1. The number of rotatable bonds is 8. The van der Waals surface area contributed by atoms with Crippen LogP contribution in [0.15, 0.2) is 97.1 Å². The summed E-state index contributed by atoms with van der Waals surface area (Å²) in [6.45, 7) is 2.80. The molecule has 0 spiro atoms. The number of benzene rings is 4. The molecule has 4 aromatic rings. The third-order valence-electron chi connectivity index (χ3n) is 8.80. The van der Waals surface area contributed by atoms with Crippen LogP contribution in [0.2, 0.25) is 5.02 Å². The van der Waals surface area contributed by atoms with Crippen LogP contribution in [0.1, 0.15) is 59.5 Å². The summed E-state index contributed by atoms with van der Waals surface area (Å²) in [6.07, 6.45) is 1.26. The Morgan fingerprint density at radius 1 is 0.814 bits per heavy atom. The predicted molar refractivity (Wildman–Crippen MR) is 169 cm³/mol. The summed E-state index contributed by atoms with van der Waals surface area (Å²) < 4.78 is 13.3. The van der Waals surface area contributed by atoms with Crippen molar-refractivity contribution in [1.82, 2.24) is 4.90 Å². The summed E-state index contributed by atoms with van der Waals surface area (Å²) in [7, 11) is 0. The van der Waals surface area contributed by atoms with Crippen molar-refractivity contribution >= 4 is 11.6 Å². The monoisotopic (exact) mass is 598 g/mol. The van der Waals surface area contributed by atoms with E-state index in [4.69, 9.17) is 26.8 Å². The molecule has 0 radical (unpaired) electrons. The molecule has 6 rings (SSSR count). The Kier molecular flexibility index (Phi) is 9.26. The maximum Gasteiger partial charge on any atom is 0.184 e. The lowest BCUT2D eigenvalue weighted by Gasteiger charge is -2.42. The van der Waals surface area contributed by atoms with E-state index in [9.17, 15) is 10.2 Å². The van der Waals surface area contributed by atoms with Gasteiger partial charge in [-0.05, 0) is 70.5 Å². The molecule has 43 heavy (non-hydrogen) atoms. The van der Waals surface area contributed by atoms with Gasteiger partial charge in [-0.15, -0.1) is 0 Å². The first kappa shape index (κ1) is 30.0. The van der Waals surface area contributed by atoms with E-state index in [-0.39, 0.29) is 18.8 Å². The topological polar surface area (TPSA) is 88.2 Å². The third kappa shape index (κ3) is 7.03. The highest BCUT2D eigenvalue weighted by molar-refractivity contribution is 6.30. The summed E-state index contributed by atoms with van der Waals surface area (Å²) >= 11 is 6.08. The van der Waals surface area contributed by atoms with Gasteiger partial charge in [-0.3, -0.25) is 0 Å². The number of halogens is 1. The van der Waals surface area contributed by atoms with Gasteiger partial charge in [0.15, 0.2) is 6.29 Å². The normalized spacial score (nSPS) is 22.4. The number of aliphatic hydroxyl groups is 2. The zero-order chi connectivity index (χ0) is 29.8. The molecular formula is C36H39ClN2O4. The highest BCUT2D eigenvalue weighted by atomic mass is 35.5. The standard InChI is InChI=1S/C36H39ClN2O4/c37-32-13-11-31(12-14-32)36(41)15-17-39(18-16-36)23-33-21-34(27-9-7-25(24-40)8-10-27)43-35(42-33)30-6-2-5-29(20-30)28-4-1-3-26(19-28)22-38/h1-14,19-20,33-35,40-41H,15-18,21-24,38H2. The Balaban J connectivity index is 1.20. The van der Waals surface area contributed by atoms with E-state index in [0.29, 0.717) is 30.8 Å². The molecule has 2 saturated heterocycles. The molecule has 2 aliphatic heterocycles. The molecule has 0 saturated carbocycles. The van der Waals surface area contributed by atoms with Crippen LogP contribution in [0.3, 0.4) is 0 Å². The molecule has 224 valence electrons. The molecule has 7 heteroatoms. The number of hydrogen-bond acceptors (Lipinski definition) is 6. The van der Waals surface area contributed by atoms with Gasteiger partial charge in [-0.2, -0.15) is 0 Å². The van der Waals surface area contributed by atoms with E-state index in [2.05, 4.69) is 35.2 Å². The number of ether oxygens (including phenoxy) is 2. The van der Waals surface area contributed by atoms with Gasteiger partial charge in [0.25, 0.3) is 0 Å². The van der Waals surface area contributed by atoms with Crippen LogP contribution in [0.5, 0.6) is 0 Å². The van der Waals surface area contributed by atoms with Crippen LogP contribution >= 0.6 is 11.6 Å². The van der Waals surface area contributed by atoms with Crippen molar-refractivity contribution in [2.45, 2.75) is 56.5 Å². The van der Waals surface area contributed by atoms with Crippen molar-refractivity contribution < 1.29 is 19.7 Å². The number of hydrogen-bond donors (Lipinski definition) is 3. The van der Waals surface area contributed by atoms with Gasteiger partial charge in [0.2, 0.25) is 0 Å². The van der Waals surface area contributed by atoms with Gasteiger partial charge in [0, 0.05) is 43.2 Å². The van der Waals surface area contributed by atoms with Crippen LogP contribution in [0.25, 0.3) is 11.1 Å². The minimum Gasteiger partial charge on any atom is -0.392 e. The molecule has 4 aromatic carbocycles. The minimum atomic E-state index is -0.848. The van der Waals surface area contributed by atoms with E-state index in [0.717, 1.165) is 58.6 Å². The van der Waals surface area contributed by atoms with Crippen LogP contribution in [-0.4, -0.2) is 40.9 Å². The Hall–Kier alpha value is -3.07. The van der Waals surface area contributed by atoms with Gasteiger partial charge in [-0.1, -0.05) is 84.4 Å². The number of nitrogens with two attached hydrogens (primary N) is 1. The van der Waals surface area contributed by atoms with Crippen molar-refractivity contribution in [2.24, 2.45) is 5.73 Å². The van der Waals surface area contributed by atoms with Crippen molar-refractivity contribution in [2.75, 3.05) is 19.6 Å². The highest BCUT2D eigenvalue weighted by Gasteiger charge is 2.37. The number of likely N-dealkylation sites (tertiary alicyclic amines) is 1. The van der Waals surface area contributed by atoms with Crippen LogP contribution < -0.4 is 5.73 Å².